The first kappa shape index (κ1) is 8.08. The Labute approximate surface area is 66.8 Å². The van der Waals surface area contributed by atoms with Crippen molar-refractivity contribution in [1.29, 1.82) is 0 Å². The molecule has 0 spiro atoms. The molecular weight excluding hydrogens is 140 g/mol. The summed E-state index contributed by atoms with van der Waals surface area (Å²) in [6.07, 6.45) is 5.57. The first-order chi connectivity index (χ1) is 5.34. The minimum atomic E-state index is 0.384. The monoisotopic (exact) mass is 152 g/mol. The lowest BCUT2D eigenvalue weighted by molar-refractivity contribution is 0.0797. The molecule has 0 saturated carbocycles. The van der Waals surface area contributed by atoms with Crippen LogP contribution >= 0.6 is 0 Å². The second-order valence-corrected chi connectivity index (χ2v) is 2.31. The van der Waals surface area contributed by atoms with Crippen molar-refractivity contribution in [2.24, 2.45) is 0 Å². The molecule has 0 bridgehead atoms. The molecule has 0 aliphatic carbocycles. The average molecular weight is 152 g/mol. The van der Waals surface area contributed by atoms with E-state index in [1.54, 1.807) is 6.08 Å². The Balaban J connectivity index is 2.61. The lowest BCUT2D eigenvalue weighted by Gasteiger charge is -1.96. The molecule has 0 amide bonds. The van der Waals surface area contributed by atoms with Crippen LogP contribution in [-0.4, -0.2) is 13.4 Å². The number of ether oxygens (including phenoxy) is 2. The van der Waals surface area contributed by atoms with Crippen LogP contribution in [0.1, 0.15) is 6.92 Å². The quantitative estimate of drug-likeness (QED) is 0.563. The molecule has 1 saturated heterocycles. The van der Waals surface area contributed by atoms with E-state index in [1.165, 1.54) is 0 Å². The summed E-state index contributed by atoms with van der Waals surface area (Å²) in [6.45, 7) is 6.54. The molecule has 0 radical (unpaired) electrons. The molecule has 1 aliphatic rings. The van der Waals surface area contributed by atoms with Crippen molar-refractivity contribution in [3.05, 3.63) is 36.1 Å². The first-order valence-corrected chi connectivity index (χ1v) is 3.54. The zero-order valence-corrected chi connectivity index (χ0v) is 6.67. The predicted octanol–water partition coefficient (Wildman–Crippen LogP) is 2.01. The van der Waals surface area contributed by atoms with Gasteiger partial charge in [0.05, 0.1) is 0 Å². The fourth-order valence-electron chi connectivity index (χ4n) is 0.822. The third kappa shape index (κ3) is 2.24. The molecule has 0 unspecified atom stereocenters. The van der Waals surface area contributed by atoms with Crippen molar-refractivity contribution >= 4 is 0 Å². The third-order valence-electron chi connectivity index (χ3n) is 1.47. The second kappa shape index (κ2) is 3.98. The smallest absolute Gasteiger partial charge is 0.189 e. The van der Waals surface area contributed by atoms with Gasteiger partial charge in [0, 0.05) is 0 Å². The molecule has 2 nitrogen and oxygen atoms in total. The largest absolute Gasteiger partial charge is 0.469 e. The highest BCUT2D eigenvalue weighted by atomic mass is 16.7. The fraction of sp³-hybridized carbons (Fsp3) is 0.333. The van der Waals surface area contributed by atoms with Gasteiger partial charge in [-0.15, -0.1) is 0 Å². The van der Waals surface area contributed by atoms with Gasteiger partial charge in [0.2, 0.25) is 0 Å². The zero-order chi connectivity index (χ0) is 8.10. The van der Waals surface area contributed by atoms with Gasteiger partial charge < -0.3 is 9.47 Å². The van der Waals surface area contributed by atoms with Gasteiger partial charge in [-0.05, 0) is 12.5 Å². The first-order valence-electron chi connectivity index (χ1n) is 3.54. The topological polar surface area (TPSA) is 18.5 Å². The van der Waals surface area contributed by atoms with Crippen LogP contribution in [0, 0.1) is 0 Å². The van der Waals surface area contributed by atoms with E-state index in [0.29, 0.717) is 13.4 Å². The van der Waals surface area contributed by atoms with Crippen LogP contribution in [0.2, 0.25) is 0 Å². The minimum Gasteiger partial charge on any atom is -0.469 e. The summed E-state index contributed by atoms with van der Waals surface area (Å²) in [7, 11) is 0. The van der Waals surface area contributed by atoms with Crippen LogP contribution in [-0.2, 0) is 9.47 Å². The van der Waals surface area contributed by atoms with Gasteiger partial charge in [0.25, 0.3) is 0 Å². The van der Waals surface area contributed by atoms with Crippen LogP contribution in [0.5, 0.6) is 0 Å². The van der Waals surface area contributed by atoms with Crippen molar-refractivity contribution in [2.75, 3.05) is 13.4 Å². The normalized spacial score (nSPS) is 21.9. The van der Waals surface area contributed by atoms with Crippen molar-refractivity contribution in [2.45, 2.75) is 6.92 Å². The summed E-state index contributed by atoms with van der Waals surface area (Å²) in [6, 6.07) is 0. The molecule has 0 atom stereocenters. The van der Waals surface area contributed by atoms with E-state index in [0.717, 1.165) is 11.3 Å². The fourth-order valence-corrected chi connectivity index (χ4v) is 0.822. The van der Waals surface area contributed by atoms with E-state index in [-0.39, 0.29) is 0 Å². The van der Waals surface area contributed by atoms with Crippen molar-refractivity contribution in [3.63, 3.8) is 0 Å². The Kier molecular flexibility index (Phi) is 2.93. The van der Waals surface area contributed by atoms with E-state index in [1.807, 2.05) is 19.1 Å². The van der Waals surface area contributed by atoms with Gasteiger partial charge in [-0.1, -0.05) is 24.8 Å². The average Bonchev–Trinajstić information content (AvgIpc) is 2.52. The Morgan fingerprint density at radius 1 is 1.64 bits per heavy atom. The lowest BCUT2D eigenvalue weighted by Crippen LogP contribution is -1.86. The molecule has 0 aromatic rings. The van der Waals surface area contributed by atoms with Crippen molar-refractivity contribution in [1.82, 2.24) is 0 Å². The summed E-state index contributed by atoms with van der Waals surface area (Å²) in [5, 5.41) is 0. The van der Waals surface area contributed by atoms with Crippen molar-refractivity contribution in [3.8, 4) is 0 Å². The predicted molar refractivity (Wildman–Crippen MR) is 43.9 cm³/mol. The lowest BCUT2D eigenvalue weighted by atomic mass is 10.2. The number of hydrogen-bond acceptors (Lipinski definition) is 2. The van der Waals surface area contributed by atoms with Crippen LogP contribution < -0.4 is 0 Å². The third-order valence-corrected chi connectivity index (χ3v) is 1.47. The molecule has 1 heterocycles. The van der Waals surface area contributed by atoms with Gasteiger partial charge in [-0.2, -0.15) is 0 Å². The van der Waals surface area contributed by atoms with E-state index >= 15 is 0 Å². The molecule has 1 rings (SSSR count). The van der Waals surface area contributed by atoms with E-state index in [9.17, 15) is 0 Å². The molecule has 1 fully saturated rings. The van der Waals surface area contributed by atoms with Gasteiger partial charge in [0.15, 0.2) is 6.79 Å². The number of hydrogen-bond donors (Lipinski definition) is 0. The van der Waals surface area contributed by atoms with Crippen LogP contribution in [0.3, 0.4) is 0 Å². The molecule has 60 valence electrons. The summed E-state index contributed by atoms with van der Waals surface area (Å²) >= 11 is 0. The molecule has 11 heavy (non-hydrogen) atoms. The highest BCUT2D eigenvalue weighted by Gasteiger charge is 2.08. The maximum atomic E-state index is 5.18. The summed E-state index contributed by atoms with van der Waals surface area (Å²) in [4.78, 5) is 0. The Hall–Kier alpha value is -1.02. The van der Waals surface area contributed by atoms with Crippen molar-refractivity contribution < 1.29 is 9.47 Å². The van der Waals surface area contributed by atoms with Gasteiger partial charge in [0.1, 0.15) is 12.4 Å². The maximum Gasteiger partial charge on any atom is 0.189 e. The minimum absolute atomic E-state index is 0.384. The molecule has 0 aromatic heterocycles. The number of allylic oxidation sites excluding steroid dienone is 4. The summed E-state index contributed by atoms with van der Waals surface area (Å²) in [5.74, 6) is 0.920. The maximum absolute atomic E-state index is 5.18. The van der Waals surface area contributed by atoms with Crippen LogP contribution in [0.15, 0.2) is 36.1 Å². The molecule has 0 N–H and O–H groups in total. The molecule has 1 aliphatic heterocycles. The van der Waals surface area contributed by atoms with E-state index < -0.39 is 0 Å². The second-order valence-electron chi connectivity index (χ2n) is 2.31. The van der Waals surface area contributed by atoms with Gasteiger partial charge in [-0.25, -0.2) is 0 Å². The Morgan fingerprint density at radius 3 is 3.00 bits per heavy atom. The standard InChI is InChI=1S/C9H12O2/c1-3-4-5-8(2)9-6-10-7-11-9/h3-5H,1,6-7H2,2H3/b5-4-,9-8+. The highest BCUT2D eigenvalue weighted by molar-refractivity contribution is 5.23. The van der Waals surface area contributed by atoms with E-state index in [4.69, 9.17) is 9.47 Å². The molecule has 2 heteroatoms. The van der Waals surface area contributed by atoms with Crippen LogP contribution in [0.4, 0.5) is 0 Å². The highest BCUT2D eigenvalue weighted by Crippen LogP contribution is 2.13. The van der Waals surface area contributed by atoms with E-state index in [2.05, 4.69) is 6.58 Å². The summed E-state index contributed by atoms with van der Waals surface area (Å²) in [5.41, 5.74) is 1.10. The number of rotatable bonds is 2. The molecular formula is C9H12O2. The van der Waals surface area contributed by atoms with Gasteiger partial charge >= 0.3 is 0 Å². The SMILES string of the molecule is C=C/C=C\C(C)=C1/COCO1. The van der Waals surface area contributed by atoms with Crippen LogP contribution in [0.25, 0.3) is 0 Å². The molecule has 0 aromatic carbocycles. The zero-order valence-electron chi connectivity index (χ0n) is 6.67. The van der Waals surface area contributed by atoms with Gasteiger partial charge in [-0.3, -0.25) is 0 Å². The summed E-state index contributed by atoms with van der Waals surface area (Å²) < 4.78 is 10.2. The Bertz CT molecular complexity index is 194. The Morgan fingerprint density at radius 2 is 2.45 bits per heavy atom.